The number of primary sulfonamides is 1. The number of hydrogen-bond acceptors (Lipinski definition) is 4. The first-order chi connectivity index (χ1) is 10.3. The van der Waals surface area contributed by atoms with Gasteiger partial charge in [-0.15, -0.1) is 0 Å². The van der Waals surface area contributed by atoms with Crippen LogP contribution in [0.2, 0.25) is 0 Å². The number of benzene rings is 1. The molecule has 0 aromatic heterocycles. The fraction of sp³-hybridized carbons (Fsp3) is 0.533. The summed E-state index contributed by atoms with van der Waals surface area (Å²) in [5, 5.41) is 14.3. The van der Waals surface area contributed by atoms with Crippen LogP contribution in [0, 0.1) is 0 Å². The van der Waals surface area contributed by atoms with Gasteiger partial charge in [-0.25, -0.2) is 18.4 Å². The van der Waals surface area contributed by atoms with Crippen molar-refractivity contribution >= 4 is 16.0 Å². The van der Waals surface area contributed by atoms with Gasteiger partial charge in [0.15, 0.2) is 0 Å². The molecule has 0 amide bonds. The molecule has 0 atom stereocenters. The van der Waals surface area contributed by atoms with Gasteiger partial charge in [-0.05, 0) is 62.7 Å². The summed E-state index contributed by atoms with van der Waals surface area (Å²) in [6.45, 7) is 6.99. The number of nitrogens with two attached hydrogens (primary N) is 1. The van der Waals surface area contributed by atoms with Crippen LogP contribution in [0.1, 0.15) is 42.6 Å². The van der Waals surface area contributed by atoms with Crippen LogP contribution in [-0.4, -0.2) is 44.0 Å². The minimum Gasteiger partial charge on any atom is -0.478 e. The van der Waals surface area contributed by atoms with E-state index in [9.17, 15) is 18.3 Å². The van der Waals surface area contributed by atoms with Crippen LogP contribution in [0.4, 0.5) is 0 Å². The first-order valence-corrected chi connectivity index (χ1v) is 8.95. The lowest BCUT2D eigenvalue weighted by molar-refractivity contribution is 0.0695. The molecule has 1 aromatic carbocycles. The molecule has 0 radical (unpaired) electrons. The maximum absolute atomic E-state index is 11.4. The molecule has 22 heavy (non-hydrogen) atoms. The molecule has 7 heteroatoms. The molecule has 0 saturated carbocycles. The highest BCUT2D eigenvalue weighted by Crippen LogP contribution is 2.17. The van der Waals surface area contributed by atoms with Crippen molar-refractivity contribution in [1.29, 1.82) is 0 Å². The predicted molar refractivity (Wildman–Crippen MR) is 85.5 cm³/mol. The van der Waals surface area contributed by atoms with Gasteiger partial charge >= 0.3 is 5.97 Å². The highest BCUT2D eigenvalue weighted by Gasteiger charge is 2.15. The lowest BCUT2D eigenvalue weighted by Crippen LogP contribution is -2.25. The highest BCUT2D eigenvalue weighted by atomic mass is 32.2. The third-order valence-corrected chi connectivity index (χ3v) is 4.45. The molecule has 0 fully saturated rings. The Bertz CT molecular complexity index is 614. The summed E-state index contributed by atoms with van der Waals surface area (Å²) in [7, 11) is -3.83. The Morgan fingerprint density at radius 1 is 1.27 bits per heavy atom. The number of hydrogen-bond donors (Lipinski definition) is 2. The number of aromatic carboxylic acids is 1. The number of sulfonamides is 1. The van der Waals surface area contributed by atoms with Crippen molar-refractivity contribution in [2.75, 3.05) is 19.6 Å². The minimum atomic E-state index is -3.83. The molecule has 6 nitrogen and oxygen atoms in total. The molecule has 3 N–H and O–H groups in total. The molecule has 124 valence electrons. The molecule has 0 heterocycles. The second-order valence-electron chi connectivity index (χ2n) is 5.21. The normalized spacial score (nSPS) is 11.8. The van der Waals surface area contributed by atoms with E-state index in [1.54, 1.807) is 0 Å². The van der Waals surface area contributed by atoms with Gasteiger partial charge < -0.3 is 10.0 Å². The van der Waals surface area contributed by atoms with Gasteiger partial charge in [0, 0.05) is 0 Å². The monoisotopic (exact) mass is 328 g/mol. The summed E-state index contributed by atoms with van der Waals surface area (Å²) in [4.78, 5) is 13.5. The Kier molecular flexibility index (Phi) is 6.99. The molecule has 0 unspecified atom stereocenters. The van der Waals surface area contributed by atoms with Crippen molar-refractivity contribution in [1.82, 2.24) is 4.90 Å². The van der Waals surface area contributed by atoms with E-state index in [1.165, 1.54) is 18.2 Å². The van der Waals surface area contributed by atoms with E-state index in [1.807, 2.05) is 0 Å². The Labute approximate surface area is 132 Å². The highest BCUT2D eigenvalue weighted by molar-refractivity contribution is 7.89. The Balaban J connectivity index is 2.89. The smallest absolute Gasteiger partial charge is 0.335 e. The molecule has 0 aliphatic heterocycles. The molecule has 0 aliphatic carbocycles. The van der Waals surface area contributed by atoms with E-state index in [2.05, 4.69) is 18.7 Å². The average Bonchev–Trinajstić information content (AvgIpc) is 2.45. The molecule has 0 saturated heterocycles. The van der Waals surface area contributed by atoms with E-state index in [4.69, 9.17) is 5.14 Å². The van der Waals surface area contributed by atoms with Gasteiger partial charge in [-0.1, -0.05) is 13.8 Å². The topological polar surface area (TPSA) is 101 Å². The SMILES string of the molecule is CCCN(CC)CCCc1cc(S(N)(=O)=O)ccc1C(=O)O. The first-order valence-electron chi connectivity index (χ1n) is 7.41. The van der Waals surface area contributed by atoms with Gasteiger partial charge in [-0.3, -0.25) is 0 Å². The lowest BCUT2D eigenvalue weighted by atomic mass is 10.0. The fourth-order valence-electron chi connectivity index (χ4n) is 2.40. The van der Waals surface area contributed by atoms with Gasteiger partial charge in [0.1, 0.15) is 0 Å². The fourth-order valence-corrected chi connectivity index (χ4v) is 2.96. The van der Waals surface area contributed by atoms with Crippen molar-refractivity contribution < 1.29 is 18.3 Å². The van der Waals surface area contributed by atoms with Crippen LogP contribution >= 0.6 is 0 Å². The number of carboxylic acids is 1. The zero-order valence-electron chi connectivity index (χ0n) is 13.1. The molecule has 1 rings (SSSR count). The third-order valence-electron chi connectivity index (χ3n) is 3.54. The summed E-state index contributed by atoms with van der Waals surface area (Å²) in [5.41, 5.74) is 0.637. The summed E-state index contributed by atoms with van der Waals surface area (Å²) >= 11 is 0. The summed E-state index contributed by atoms with van der Waals surface area (Å²) in [5.74, 6) is -1.06. The van der Waals surface area contributed by atoms with E-state index < -0.39 is 16.0 Å². The first kappa shape index (κ1) is 18.6. The van der Waals surface area contributed by atoms with E-state index in [0.717, 1.165) is 32.5 Å². The van der Waals surface area contributed by atoms with Crippen molar-refractivity contribution in [3.63, 3.8) is 0 Å². The maximum Gasteiger partial charge on any atom is 0.335 e. The molecule has 0 aliphatic rings. The predicted octanol–water partition coefficient (Wildman–Crippen LogP) is 1.70. The Morgan fingerprint density at radius 3 is 2.45 bits per heavy atom. The molecular formula is C15H24N2O4S. The number of nitrogens with zero attached hydrogens (tertiary/aromatic N) is 1. The van der Waals surface area contributed by atoms with E-state index in [0.29, 0.717) is 12.0 Å². The molecular weight excluding hydrogens is 304 g/mol. The van der Waals surface area contributed by atoms with Crippen LogP contribution in [0.3, 0.4) is 0 Å². The van der Waals surface area contributed by atoms with Crippen LogP contribution in [0.5, 0.6) is 0 Å². The summed E-state index contributed by atoms with van der Waals surface area (Å²) in [6, 6.07) is 3.91. The van der Waals surface area contributed by atoms with E-state index in [-0.39, 0.29) is 10.5 Å². The Morgan fingerprint density at radius 2 is 1.95 bits per heavy atom. The molecule has 1 aromatic rings. The number of carbonyl (C=O) groups is 1. The lowest BCUT2D eigenvalue weighted by Gasteiger charge is -2.19. The Hall–Kier alpha value is -1.44. The average molecular weight is 328 g/mol. The van der Waals surface area contributed by atoms with Gasteiger partial charge in [0.05, 0.1) is 10.5 Å². The quantitative estimate of drug-likeness (QED) is 0.718. The molecule has 0 spiro atoms. The second kappa shape index (κ2) is 8.26. The summed E-state index contributed by atoms with van der Waals surface area (Å²) < 4.78 is 22.8. The van der Waals surface area contributed by atoms with Crippen LogP contribution in [0.25, 0.3) is 0 Å². The second-order valence-corrected chi connectivity index (χ2v) is 6.77. The minimum absolute atomic E-state index is 0.0478. The zero-order chi connectivity index (χ0) is 16.8. The van der Waals surface area contributed by atoms with Crippen LogP contribution in [-0.2, 0) is 16.4 Å². The van der Waals surface area contributed by atoms with Crippen LogP contribution < -0.4 is 5.14 Å². The summed E-state index contributed by atoms with van der Waals surface area (Å²) in [6.07, 6.45) is 2.34. The van der Waals surface area contributed by atoms with Crippen LogP contribution in [0.15, 0.2) is 23.1 Å². The van der Waals surface area contributed by atoms with Gasteiger partial charge in [-0.2, -0.15) is 0 Å². The standard InChI is InChI=1S/C15H24N2O4S/c1-3-9-17(4-2)10-5-6-12-11-13(22(16,20)21)7-8-14(12)15(18)19/h7-8,11H,3-6,9-10H2,1-2H3,(H,18,19)(H2,16,20,21). The number of aryl methyl sites for hydroxylation is 1. The zero-order valence-corrected chi connectivity index (χ0v) is 13.9. The van der Waals surface area contributed by atoms with Crippen molar-refractivity contribution in [2.45, 2.75) is 38.0 Å². The van der Waals surface area contributed by atoms with Crippen molar-refractivity contribution in [3.05, 3.63) is 29.3 Å². The number of carboxylic acid groups (broad SMARTS) is 1. The van der Waals surface area contributed by atoms with Crippen molar-refractivity contribution in [2.24, 2.45) is 5.14 Å². The van der Waals surface area contributed by atoms with Gasteiger partial charge in [0.25, 0.3) is 0 Å². The third kappa shape index (κ3) is 5.40. The number of rotatable bonds is 9. The van der Waals surface area contributed by atoms with E-state index >= 15 is 0 Å². The van der Waals surface area contributed by atoms with Gasteiger partial charge in [0.2, 0.25) is 10.0 Å². The molecule has 0 bridgehead atoms. The largest absolute Gasteiger partial charge is 0.478 e. The van der Waals surface area contributed by atoms with Crippen molar-refractivity contribution in [3.8, 4) is 0 Å². The maximum atomic E-state index is 11.4.